The Labute approximate surface area is 121 Å². The minimum absolute atomic E-state index is 0.119. The number of halogens is 1. The van der Waals surface area contributed by atoms with Crippen LogP contribution in [0.4, 0.5) is 9.18 Å². The highest BCUT2D eigenvalue weighted by Crippen LogP contribution is 2.13. The van der Waals surface area contributed by atoms with Crippen molar-refractivity contribution >= 4 is 6.09 Å². The number of nitriles is 1. The number of carbonyl (C=O) groups excluding carboxylic acids is 1. The monoisotopic (exact) mass is 284 g/mol. The molecular formula is C16H13FN2O2. The molecule has 0 heterocycles. The zero-order chi connectivity index (χ0) is 15.1. The average molecular weight is 284 g/mol. The number of nitrogens with zero attached hydrogens (tertiary/aromatic N) is 1. The van der Waals surface area contributed by atoms with E-state index in [1.807, 2.05) is 36.4 Å². The number of hydrogen-bond acceptors (Lipinski definition) is 3. The Kier molecular flexibility index (Phi) is 4.89. The van der Waals surface area contributed by atoms with Crippen LogP contribution in [0, 0.1) is 17.1 Å². The van der Waals surface area contributed by atoms with Crippen molar-refractivity contribution in [3.05, 3.63) is 71.5 Å². The Morgan fingerprint density at radius 2 is 1.86 bits per heavy atom. The second-order valence-electron chi connectivity index (χ2n) is 4.32. The summed E-state index contributed by atoms with van der Waals surface area (Å²) in [6.07, 6.45) is -0.699. The average Bonchev–Trinajstić information content (AvgIpc) is 2.52. The predicted molar refractivity (Wildman–Crippen MR) is 74.5 cm³/mol. The van der Waals surface area contributed by atoms with Gasteiger partial charge in [0, 0.05) is 0 Å². The highest BCUT2D eigenvalue weighted by Gasteiger charge is 2.14. The van der Waals surface area contributed by atoms with Crippen LogP contribution in [-0.4, -0.2) is 6.09 Å². The van der Waals surface area contributed by atoms with E-state index in [0.29, 0.717) is 5.56 Å². The van der Waals surface area contributed by atoms with Crippen molar-refractivity contribution in [2.24, 2.45) is 0 Å². The molecule has 1 amide bonds. The first-order valence-corrected chi connectivity index (χ1v) is 6.31. The van der Waals surface area contributed by atoms with Gasteiger partial charge >= 0.3 is 6.09 Å². The summed E-state index contributed by atoms with van der Waals surface area (Å²) in [7, 11) is 0. The maximum Gasteiger partial charge on any atom is 0.408 e. The van der Waals surface area contributed by atoms with Gasteiger partial charge in [-0.05, 0) is 23.3 Å². The van der Waals surface area contributed by atoms with Crippen LogP contribution in [0.5, 0.6) is 0 Å². The normalized spacial score (nSPS) is 11.2. The number of amides is 1. The van der Waals surface area contributed by atoms with Gasteiger partial charge in [0.15, 0.2) is 0 Å². The maximum absolute atomic E-state index is 12.8. The van der Waals surface area contributed by atoms with Crippen LogP contribution in [-0.2, 0) is 11.3 Å². The molecule has 1 atom stereocenters. The first-order valence-electron chi connectivity index (χ1n) is 6.31. The zero-order valence-corrected chi connectivity index (χ0v) is 11.1. The summed E-state index contributed by atoms with van der Waals surface area (Å²) in [6.45, 7) is 0.119. The van der Waals surface area contributed by atoms with Gasteiger partial charge in [-0.3, -0.25) is 0 Å². The zero-order valence-electron chi connectivity index (χ0n) is 11.1. The lowest BCUT2D eigenvalue weighted by molar-refractivity contribution is 0.137. The minimum Gasteiger partial charge on any atom is -0.445 e. The number of rotatable bonds is 4. The molecule has 106 valence electrons. The molecule has 2 aromatic carbocycles. The number of nitrogens with one attached hydrogen (secondary N) is 1. The van der Waals surface area contributed by atoms with Crippen LogP contribution in [0.25, 0.3) is 0 Å². The fourth-order valence-electron chi connectivity index (χ4n) is 1.73. The number of benzene rings is 2. The molecule has 4 nitrogen and oxygen atoms in total. The van der Waals surface area contributed by atoms with E-state index in [1.165, 1.54) is 24.3 Å². The van der Waals surface area contributed by atoms with Crippen LogP contribution in [0.3, 0.4) is 0 Å². The Hall–Kier alpha value is -2.87. The summed E-state index contributed by atoms with van der Waals surface area (Å²) in [4.78, 5) is 11.7. The molecule has 0 saturated heterocycles. The molecule has 0 bridgehead atoms. The highest BCUT2D eigenvalue weighted by molar-refractivity contribution is 5.68. The SMILES string of the molecule is N#CC(NC(=O)OCc1ccccc1)c1ccc(F)cc1. The molecule has 0 radical (unpaired) electrons. The number of hydrogen-bond donors (Lipinski definition) is 1. The molecule has 2 rings (SSSR count). The largest absolute Gasteiger partial charge is 0.445 e. The lowest BCUT2D eigenvalue weighted by atomic mass is 10.1. The van der Waals surface area contributed by atoms with Crippen molar-refractivity contribution < 1.29 is 13.9 Å². The number of ether oxygens (including phenoxy) is 1. The van der Waals surface area contributed by atoms with Crippen LogP contribution < -0.4 is 5.32 Å². The van der Waals surface area contributed by atoms with Crippen LogP contribution >= 0.6 is 0 Å². The summed E-state index contributed by atoms with van der Waals surface area (Å²) < 4.78 is 17.9. The quantitative estimate of drug-likeness (QED) is 0.936. The fraction of sp³-hybridized carbons (Fsp3) is 0.125. The fourth-order valence-corrected chi connectivity index (χ4v) is 1.73. The lowest BCUT2D eigenvalue weighted by Crippen LogP contribution is -2.28. The standard InChI is InChI=1S/C16H13FN2O2/c17-14-8-6-13(7-9-14)15(10-18)19-16(20)21-11-12-4-2-1-3-5-12/h1-9,15H,11H2,(H,19,20). The molecule has 0 aliphatic rings. The minimum atomic E-state index is -0.881. The Morgan fingerprint density at radius 3 is 2.48 bits per heavy atom. The Balaban J connectivity index is 1.91. The van der Waals surface area contributed by atoms with Crippen molar-refractivity contribution in [2.75, 3.05) is 0 Å². The predicted octanol–water partition coefficient (Wildman–Crippen LogP) is 3.32. The molecule has 2 aromatic rings. The van der Waals surface area contributed by atoms with Crippen molar-refractivity contribution in [1.29, 1.82) is 5.26 Å². The molecule has 0 saturated carbocycles. The first-order chi connectivity index (χ1) is 10.2. The third-order valence-electron chi connectivity index (χ3n) is 2.81. The van der Waals surface area contributed by atoms with Gasteiger partial charge in [-0.25, -0.2) is 9.18 Å². The van der Waals surface area contributed by atoms with E-state index in [-0.39, 0.29) is 6.61 Å². The van der Waals surface area contributed by atoms with E-state index in [0.717, 1.165) is 5.56 Å². The van der Waals surface area contributed by atoms with E-state index in [4.69, 9.17) is 10.00 Å². The summed E-state index contributed by atoms with van der Waals surface area (Å²) in [5, 5.41) is 11.5. The summed E-state index contributed by atoms with van der Waals surface area (Å²) in [5.74, 6) is -0.401. The summed E-state index contributed by atoms with van der Waals surface area (Å²) in [5.41, 5.74) is 1.35. The van der Waals surface area contributed by atoms with Crippen molar-refractivity contribution in [2.45, 2.75) is 12.6 Å². The second-order valence-corrected chi connectivity index (χ2v) is 4.32. The molecular weight excluding hydrogens is 271 g/mol. The van der Waals surface area contributed by atoms with Gasteiger partial charge in [-0.2, -0.15) is 5.26 Å². The molecule has 0 aliphatic heterocycles. The Bertz CT molecular complexity index is 636. The van der Waals surface area contributed by atoms with Crippen LogP contribution in [0.2, 0.25) is 0 Å². The molecule has 5 heteroatoms. The van der Waals surface area contributed by atoms with Gasteiger partial charge in [0.2, 0.25) is 0 Å². The maximum atomic E-state index is 12.8. The third kappa shape index (κ3) is 4.32. The first kappa shape index (κ1) is 14.5. The lowest BCUT2D eigenvalue weighted by Gasteiger charge is -2.12. The van der Waals surface area contributed by atoms with E-state index in [9.17, 15) is 9.18 Å². The van der Waals surface area contributed by atoms with Gasteiger partial charge in [0.1, 0.15) is 18.5 Å². The highest BCUT2D eigenvalue weighted by atomic mass is 19.1. The van der Waals surface area contributed by atoms with Crippen LogP contribution in [0.15, 0.2) is 54.6 Å². The number of carbonyl (C=O) groups is 1. The van der Waals surface area contributed by atoms with Crippen LogP contribution in [0.1, 0.15) is 17.2 Å². The van der Waals surface area contributed by atoms with Crippen molar-refractivity contribution in [3.63, 3.8) is 0 Å². The van der Waals surface area contributed by atoms with E-state index in [1.54, 1.807) is 0 Å². The van der Waals surface area contributed by atoms with E-state index >= 15 is 0 Å². The molecule has 0 spiro atoms. The molecule has 0 aromatic heterocycles. The molecule has 1 N–H and O–H groups in total. The van der Waals surface area contributed by atoms with Gasteiger partial charge in [0.05, 0.1) is 6.07 Å². The molecule has 1 unspecified atom stereocenters. The smallest absolute Gasteiger partial charge is 0.408 e. The Morgan fingerprint density at radius 1 is 1.19 bits per heavy atom. The van der Waals surface area contributed by atoms with E-state index < -0.39 is 18.0 Å². The molecule has 0 fully saturated rings. The number of alkyl carbamates (subject to hydrolysis) is 1. The molecule has 0 aliphatic carbocycles. The van der Waals surface area contributed by atoms with Gasteiger partial charge in [0.25, 0.3) is 0 Å². The summed E-state index contributed by atoms with van der Waals surface area (Å²) in [6, 6.07) is 15.6. The third-order valence-corrected chi connectivity index (χ3v) is 2.81. The van der Waals surface area contributed by atoms with Crippen molar-refractivity contribution in [1.82, 2.24) is 5.32 Å². The van der Waals surface area contributed by atoms with Gasteiger partial charge < -0.3 is 10.1 Å². The van der Waals surface area contributed by atoms with E-state index in [2.05, 4.69) is 5.32 Å². The topological polar surface area (TPSA) is 62.1 Å². The second kappa shape index (κ2) is 7.06. The van der Waals surface area contributed by atoms with Gasteiger partial charge in [-0.1, -0.05) is 42.5 Å². The van der Waals surface area contributed by atoms with Gasteiger partial charge in [-0.15, -0.1) is 0 Å². The van der Waals surface area contributed by atoms with Crippen molar-refractivity contribution in [3.8, 4) is 6.07 Å². The molecule has 21 heavy (non-hydrogen) atoms. The summed E-state index contributed by atoms with van der Waals surface area (Å²) >= 11 is 0.